The van der Waals surface area contributed by atoms with Gasteiger partial charge in [-0.05, 0) is 100 Å². The van der Waals surface area contributed by atoms with E-state index in [2.05, 4.69) is 16.0 Å². The van der Waals surface area contributed by atoms with Crippen LogP contribution in [0, 0.1) is 4.91 Å². The number of carbonyl (C=O) groups is 2. The molecule has 0 bridgehead atoms. The highest BCUT2D eigenvalue weighted by Crippen LogP contribution is 2.47. The maximum Gasteiger partial charge on any atom is 0.338 e. The summed E-state index contributed by atoms with van der Waals surface area (Å²) < 4.78 is 41.1. The Bertz CT molecular complexity index is 2290. The summed E-state index contributed by atoms with van der Waals surface area (Å²) >= 11 is 0. The normalized spacial score (nSPS) is 14.9. The number of aromatic nitrogens is 1. The fourth-order valence-corrected chi connectivity index (χ4v) is 8.98. The predicted molar refractivity (Wildman–Crippen MR) is 215 cm³/mol. The van der Waals surface area contributed by atoms with Crippen molar-refractivity contribution >= 4 is 44.6 Å². The Hall–Kier alpha value is -5.05. The molecule has 2 N–H and O–H groups in total. The third-order valence-electron chi connectivity index (χ3n) is 10.6. The molecule has 1 aliphatic carbocycles. The van der Waals surface area contributed by atoms with E-state index in [0.717, 1.165) is 57.7 Å². The van der Waals surface area contributed by atoms with E-state index >= 15 is 0 Å². The smallest absolute Gasteiger partial charge is 0.338 e. The Labute approximate surface area is 328 Å². The summed E-state index contributed by atoms with van der Waals surface area (Å²) in [5.74, 6) is 0.357. The molecule has 1 aromatic heterocycles. The molecule has 56 heavy (non-hydrogen) atoms. The van der Waals surface area contributed by atoms with Crippen LogP contribution in [0.25, 0.3) is 28.2 Å². The van der Waals surface area contributed by atoms with Crippen LogP contribution in [0.3, 0.4) is 0 Å². The van der Waals surface area contributed by atoms with Crippen LogP contribution in [0.15, 0.2) is 71.1 Å². The minimum Gasteiger partial charge on any atom is -0.497 e. The number of sulfonamides is 1. The van der Waals surface area contributed by atoms with E-state index in [1.807, 2.05) is 69.1 Å². The van der Waals surface area contributed by atoms with Crippen LogP contribution in [0.1, 0.15) is 80.3 Å². The van der Waals surface area contributed by atoms with E-state index in [9.17, 15) is 28.1 Å². The number of ether oxygens (including phenoxy) is 2. The van der Waals surface area contributed by atoms with Gasteiger partial charge in [0.1, 0.15) is 11.4 Å². The number of hydrogen-bond donors (Lipinski definition) is 2. The molecule has 0 spiro atoms. The van der Waals surface area contributed by atoms with Gasteiger partial charge in [-0.2, -0.15) is 4.31 Å². The molecule has 1 saturated carbocycles. The van der Waals surface area contributed by atoms with Crippen LogP contribution in [0.5, 0.6) is 5.75 Å². The second kappa shape index (κ2) is 16.6. The average molecular weight is 787 g/mol. The van der Waals surface area contributed by atoms with Gasteiger partial charge in [0.25, 0.3) is 4.92 Å². The van der Waals surface area contributed by atoms with E-state index < -0.39 is 26.5 Å². The quantitative estimate of drug-likeness (QED) is 0.109. The van der Waals surface area contributed by atoms with Gasteiger partial charge >= 0.3 is 11.7 Å². The van der Waals surface area contributed by atoms with Crippen molar-refractivity contribution in [3.8, 4) is 17.0 Å². The minimum absolute atomic E-state index is 0.104. The molecule has 3 aromatic carbocycles. The number of benzene rings is 3. The summed E-state index contributed by atoms with van der Waals surface area (Å²) in [5, 5.41) is 13.6. The van der Waals surface area contributed by atoms with E-state index in [1.54, 1.807) is 7.11 Å². The summed E-state index contributed by atoms with van der Waals surface area (Å²) in [4.78, 5) is 40.1. The van der Waals surface area contributed by atoms with Crippen LogP contribution >= 0.6 is 0 Å². The largest absolute Gasteiger partial charge is 0.497 e. The topological polar surface area (TPSA) is 150 Å². The molecule has 0 radical (unpaired) electrons. The van der Waals surface area contributed by atoms with Gasteiger partial charge in [0.15, 0.2) is 4.90 Å². The third kappa shape index (κ3) is 8.67. The maximum atomic E-state index is 14.1. The fourth-order valence-electron chi connectivity index (χ4n) is 7.66. The van der Waals surface area contributed by atoms with Crippen molar-refractivity contribution in [2.24, 2.45) is 0 Å². The fraction of sp³-hybridized carbons (Fsp3) is 0.429. The number of likely N-dealkylation sites (N-methyl/N-ethyl adjacent to an activating group) is 2. The lowest BCUT2D eigenvalue weighted by molar-refractivity contribution is -0.731. The monoisotopic (exact) mass is 786 g/mol. The van der Waals surface area contributed by atoms with Gasteiger partial charge in [-0.15, -0.1) is 0 Å². The number of nitrogens with zero attached hydrogens (tertiary/aromatic N) is 4. The molecule has 0 saturated heterocycles. The highest BCUT2D eigenvalue weighted by atomic mass is 32.2. The van der Waals surface area contributed by atoms with E-state index in [1.165, 1.54) is 43.3 Å². The highest BCUT2D eigenvalue weighted by Gasteiger charge is 2.33. The number of para-hydroxylation sites is 1. The van der Waals surface area contributed by atoms with Crippen molar-refractivity contribution in [1.29, 1.82) is 0 Å². The van der Waals surface area contributed by atoms with E-state index in [-0.39, 0.29) is 29.6 Å². The van der Waals surface area contributed by atoms with Gasteiger partial charge in [-0.3, -0.25) is 4.79 Å². The van der Waals surface area contributed by atoms with Gasteiger partial charge in [0.05, 0.1) is 29.8 Å². The Morgan fingerprint density at radius 2 is 1.71 bits per heavy atom. The van der Waals surface area contributed by atoms with Crippen molar-refractivity contribution in [2.75, 3.05) is 47.4 Å². The van der Waals surface area contributed by atoms with Crippen LogP contribution in [-0.2, 0) is 26.1 Å². The molecule has 1 aliphatic heterocycles. The summed E-state index contributed by atoms with van der Waals surface area (Å²) in [6.45, 7) is 6.98. The number of amides is 1. The summed E-state index contributed by atoms with van der Waals surface area (Å²) in [6.07, 6.45) is 7.55. The molecule has 2 heterocycles. The van der Waals surface area contributed by atoms with Crippen LogP contribution < -0.4 is 10.1 Å². The number of esters is 1. The molecule has 0 atom stereocenters. The zero-order valence-corrected chi connectivity index (χ0v) is 33.8. The molecule has 13 nitrogen and oxygen atoms in total. The lowest BCUT2D eigenvalue weighted by atomic mass is 9.81. The van der Waals surface area contributed by atoms with Crippen LogP contribution in [0.2, 0.25) is 0 Å². The molecule has 298 valence electrons. The number of rotatable bonds is 13. The average Bonchev–Trinajstić information content (AvgIpc) is 3.38. The first-order valence-electron chi connectivity index (χ1n) is 19.1. The number of nitrogens with one attached hydrogen (secondary N) is 1. The zero-order chi connectivity index (χ0) is 40.4. The van der Waals surface area contributed by atoms with Gasteiger partial charge in [0.2, 0.25) is 15.9 Å². The third-order valence-corrected chi connectivity index (χ3v) is 12.5. The summed E-state index contributed by atoms with van der Waals surface area (Å²) in [5.41, 5.74) is 4.99. The van der Waals surface area contributed by atoms with Gasteiger partial charge < -0.3 is 24.3 Å². The maximum absolute atomic E-state index is 14.1. The van der Waals surface area contributed by atoms with Gasteiger partial charge in [-0.25, -0.2) is 18.4 Å². The molecule has 1 amide bonds. The Morgan fingerprint density at radius 1 is 0.982 bits per heavy atom. The molecule has 14 heteroatoms. The molecule has 1 fully saturated rings. The zero-order valence-electron chi connectivity index (χ0n) is 33.0. The second-order valence-electron chi connectivity index (χ2n) is 15.7. The first-order chi connectivity index (χ1) is 26.6. The van der Waals surface area contributed by atoms with Crippen molar-refractivity contribution < 1.29 is 37.6 Å². The molecular weight excluding hydrogens is 735 g/mol. The standard InChI is InChI=1S/C42H51N5O8S/c1-42(2,3)55-41(49)29-16-18-34-36(26-29)46-27-31(24-30-25-32(54-6)17-19-33(30)39(46)38(34)28-12-8-7-9-13-28)40(48)43-20-21-44(4)22-23-45(5)56(52,53)37-15-11-10-14-35(37)47(50)51/h10-11,14-19,24-26,28H,7-9,12-13,20-23,27H2,1-6H3,(H-,43,48,50,51)/p+1. The molecule has 4 aromatic rings. The highest BCUT2D eigenvalue weighted by molar-refractivity contribution is 7.89. The predicted octanol–water partition coefficient (Wildman–Crippen LogP) is 6.89. The number of hydrogen-bond acceptors (Lipinski definition) is 8. The van der Waals surface area contributed by atoms with Gasteiger partial charge in [-0.1, -0.05) is 37.5 Å². The van der Waals surface area contributed by atoms with Gasteiger partial charge in [0, 0.05) is 61.3 Å². The lowest BCUT2D eigenvalue weighted by Gasteiger charge is -2.24. The SMILES string of the molecule is COc1ccc2c(c1)C=C(C(=O)NCCN(C)CCN(C)S(=O)(=O)c1ccccc1[N+](=O)O)Cn1c-2c(C2CCCCC2)c2ccc(C(=O)OC(C)(C)C)cc21. The first-order valence-corrected chi connectivity index (χ1v) is 20.5. The molecule has 0 unspecified atom stereocenters. The molecule has 6 rings (SSSR count). The van der Waals surface area contributed by atoms with Crippen molar-refractivity contribution in [3.63, 3.8) is 0 Å². The van der Waals surface area contributed by atoms with Crippen molar-refractivity contribution in [1.82, 2.24) is 19.1 Å². The van der Waals surface area contributed by atoms with E-state index in [0.29, 0.717) is 42.4 Å². The molecule has 2 aliphatic rings. The Kier molecular flexibility index (Phi) is 12.0. The lowest BCUT2D eigenvalue weighted by Crippen LogP contribution is -2.39. The Morgan fingerprint density at radius 3 is 2.41 bits per heavy atom. The number of fused-ring (bicyclic) bond motifs is 5. The minimum atomic E-state index is -4.06. The number of carbonyl (C=O) groups excluding carboxylic acids is 2. The summed E-state index contributed by atoms with van der Waals surface area (Å²) in [7, 11) is 0.798. The Balaban J connectivity index is 1.25. The molecular formula is C42H52N5O8S+. The first kappa shape index (κ1) is 40.6. The second-order valence-corrected chi connectivity index (χ2v) is 17.7. The van der Waals surface area contributed by atoms with Crippen molar-refractivity contribution in [2.45, 2.75) is 75.8 Å². The van der Waals surface area contributed by atoms with Crippen LogP contribution in [0.4, 0.5) is 5.69 Å². The van der Waals surface area contributed by atoms with E-state index in [4.69, 9.17) is 9.47 Å². The number of methoxy groups -OCH3 is 1. The van der Waals surface area contributed by atoms with Crippen molar-refractivity contribution in [3.05, 3.63) is 87.8 Å². The summed E-state index contributed by atoms with van der Waals surface area (Å²) in [6, 6.07) is 17.2. The van der Waals surface area contributed by atoms with Crippen LogP contribution in [-0.4, -0.2) is 97.2 Å².